The highest BCUT2D eigenvalue weighted by Gasteiger charge is 2.43. The Hall–Kier alpha value is -6.78. The third kappa shape index (κ3) is 8.55. The van der Waals surface area contributed by atoms with E-state index in [9.17, 15) is 19.8 Å². The third-order valence-electron chi connectivity index (χ3n) is 12.0. The minimum atomic E-state index is -0.840. The van der Waals surface area contributed by atoms with Gasteiger partial charge in [-0.05, 0) is 67.3 Å². The molecule has 0 radical (unpaired) electrons. The van der Waals surface area contributed by atoms with E-state index in [1.165, 1.54) is 4.90 Å². The number of nitrogens with zero attached hydrogens (tertiary/aromatic N) is 9. The molecule has 63 heavy (non-hydrogen) atoms. The van der Waals surface area contributed by atoms with E-state index >= 15 is 0 Å². The van der Waals surface area contributed by atoms with Gasteiger partial charge in [0.1, 0.15) is 29.2 Å². The smallest absolute Gasteiger partial charge is 0.243 e. The van der Waals surface area contributed by atoms with Crippen molar-refractivity contribution >= 4 is 45.7 Å². The summed E-state index contributed by atoms with van der Waals surface area (Å²) in [6, 6.07) is 23.8. The standard InChI is InChI=1S/C47H48N10O5S/c1-27(2)43(46(61)57-25-35(58)21-40(57)45(60)51-28(3)30-9-11-31(12-10-30)44-29(4)50-26-63-44)42-22-38(54-62-42)33-23-48-47(49-24-33)56-17-15-55(16-18-56)34-13-14-37-32(19-34)20-39(53-52-37)36-7-5-6-8-41(36)59/h5-14,19-20,22-24,26-28,35,40,43,58-59H,15-18,21,25H2,1-4H3,(H,51,60)/t28?,35-,40+,43?/m1/s1. The number of thiazole rings is 1. The average molecular weight is 865 g/mol. The molecule has 0 spiro atoms. The fourth-order valence-electron chi connectivity index (χ4n) is 8.52. The van der Waals surface area contributed by atoms with E-state index in [4.69, 9.17) is 4.52 Å². The van der Waals surface area contributed by atoms with E-state index in [-0.39, 0.29) is 42.5 Å². The van der Waals surface area contributed by atoms with Gasteiger partial charge in [-0.15, -0.1) is 21.5 Å². The molecule has 0 saturated carbocycles. The largest absolute Gasteiger partial charge is 0.507 e. The molecule has 3 aromatic carbocycles. The summed E-state index contributed by atoms with van der Waals surface area (Å²) in [6.45, 7) is 10.7. The first-order valence-corrected chi connectivity index (χ1v) is 22.0. The van der Waals surface area contributed by atoms with E-state index in [1.807, 2.05) is 81.7 Å². The quantitative estimate of drug-likeness (QED) is 0.124. The number of aryl methyl sites for hydroxylation is 1. The lowest BCUT2D eigenvalue weighted by Gasteiger charge is -2.36. The molecule has 2 aliphatic rings. The molecule has 15 nitrogen and oxygen atoms in total. The van der Waals surface area contributed by atoms with Gasteiger partial charge in [0, 0.05) is 79.8 Å². The van der Waals surface area contributed by atoms with E-state index in [1.54, 1.807) is 41.9 Å². The van der Waals surface area contributed by atoms with Crippen molar-refractivity contribution in [2.75, 3.05) is 42.5 Å². The molecule has 4 aromatic heterocycles. The number of piperazine rings is 1. The minimum Gasteiger partial charge on any atom is -0.507 e. The molecular formula is C47H48N10O5S. The zero-order valence-electron chi connectivity index (χ0n) is 35.4. The number of likely N-dealkylation sites (tertiary alicyclic amines) is 1. The fraction of sp³-hybridized carbons (Fsp3) is 0.319. The Balaban J connectivity index is 0.828. The monoisotopic (exact) mass is 864 g/mol. The Bertz CT molecular complexity index is 2750. The van der Waals surface area contributed by atoms with Crippen LogP contribution in [0.5, 0.6) is 5.75 Å². The highest BCUT2D eigenvalue weighted by atomic mass is 32.1. The van der Waals surface area contributed by atoms with Crippen LogP contribution in [0.1, 0.15) is 56.2 Å². The van der Waals surface area contributed by atoms with Crippen molar-refractivity contribution in [3.05, 3.63) is 114 Å². The highest BCUT2D eigenvalue weighted by Crippen LogP contribution is 2.35. The number of hydrogen-bond acceptors (Lipinski definition) is 14. The van der Waals surface area contributed by atoms with E-state index in [2.05, 4.69) is 57.6 Å². The van der Waals surface area contributed by atoms with Gasteiger partial charge in [-0.3, -0.25) is 9.59 Å². The molecule has 0 aliphatic carbocycles. The molecule has 6 heterocycles. The Morgan fingerprint density at radius 1 is 0.857 bits per heavy atom. The summed E-state index contributed by atoms with van der Waals surface area (Å²) in [6.07, 6.45) is 2.72. The molecule has 2 amide bonds. The van der Waals surface area contributed by atoms with Gasteiger partial charge in [0.15, 0.2) is 0 Å². The first-order valence-electron chi connectivity index (χ1n) is 21.1. The molecule has 9 rings (SSSR count). The van der Waals surface area contributed by atoms with Gasteiger partial charge in [-0.1, -0.05) is 55.4 Å². The number of nitrogens with one attached hydrogen (secondary N) is 1. The van der Waals surface area contributed by atoms with Crippen LogP contribution in [-0.2, 0) is 9.59 Å². The van der Waals surface area contributed by atoms with Crippen molar-refractivity contribution in [1.82, 2.24) is 40.5 Å². The van der Waals surface area contributed by atoms with Gasteiger partial charge in [0.25, 0.3) is 0 Å². The molecule has 3 N–H and O–H groups in total. The number of benzene rings is 3. The van der Waals surface area contributed by atoms with Crippen LogP contribution >= 0.6 is 11.3 Å². The second-order valence-corrected chi connectivity index (χ2v) is 17.4. The lowest BCUT2D eigenvalue weighted by atomic mass is 9.91. The summed E-state index contributed by atoms with van der Waals surface area (Å²) in [5.41, 5.74) is 9.03. The summed E-state index contributed by atoms with van der Waals surface area (Å²) < 4.78 is 5.82. The van der Waals surface area contributed by atoms with Gasteiger partial charge in [-0.25, -0.2) is 15.0 Å². The van der Waals surface area contributed by atoms with Gasteiger partial charge >= 0.3 is 0 Å². The Morgan fingerprint density at radius 3 is 2.32 bits per heavy atom. The second-order valence-electron chi connectivity index (χ2n) is 16.6. The van der Waals surface area contributed by atoms with Crippen LogP contribution in [0.2, 0.25) is 0 Å². The van der Waals surface area contributed by atoms with Crippen LogP contribution in [0.15, 0.2) is 101 Å². The zero-order chi connectivity index (χ0) is 43.8. The molecule has 2 unspecified atom stereocenters. The summed E-state index contributed by atoms with van der Waals surface area (Å²) in [5.74, 6) is -0.423. The number of hydrogen-bond donors (Lipinski definition) is 3. The molecule has 7 aromatic rings. The van der Waals surface area contributed by atoms with E-state index < -0.39 is 18.1 Å². The number of carbonyl (C=O) groups is 2. The second kappa shape index (κ2) is 17.5. The first-order chi connectivity index (χ1) is 30.5. The number of amides is 2. The average Bonchev–Trinajstić information content (AvgIpc) is 4.06. The highest BCUT2D eigenvalue weighted by molar-refractivity contribution is 7.13. The van der Waals surface area contributed by atoms with Crippen LogP contribution in [0.25, 0.3) is 43.9 Å². The maximum absolute atomic E-state index is 14.3. The molecule has 2 fully saturated rings. The summed E-state index contributed by atoms with van der Waals surface area (Å²) >= 11 is 1.59. The number of fused-ring (bicyclic) bond motifs is 1. The Morgan fingerprint density at radius 2 is 1.60 bits per heavy atom. The maximum Gasteiger partial charge on any atom is 0.243 e. The Labute approximate surface area is 368 Å². The molecule has 2 saturated heterocycles. The number of phenolic OH excluding ortho intramolecular Hbond substituents is 1. The molecule has 0 bridgehead atoms. The summed E-state index contributed by atoms with van der Waals surface area (Å²) in [5, 5.41) is 38.1. The van der Waals surface area contributed by atoms with Crippen molar-refractivity contribution in [3.8, 4) is 38.7 Å². The lowest BCUT2D eigenvalue weighted by molar-refractivity contribution is -0.141. The van der Waals surface area contributed by atoms with Crippen molar-refractivity contribution < 1.29 is 24.3 Å². The normalized spacial score (nSPS) is 17.7. The van der Waals surface area contributed by atoms with E-state index in [0.717, 1.165) is 51.4 Å². The third-order valence-corrected chi connectivity index (χ3v) is 13.0. The van der Waals surface area contributed by atoms with Crippen molar-refractivity contribution in [1.29, 1.82) is 0 Å². The predicted molar refractivity (Wildman–Crippen MR) is 241 cm³/mol. The first kappa shape index (κ1) is 41.6. The van der Waals surface area contributed by atoms with Crippen LogP contribution < -0.4 is 15.1 Å². The number of anilines is 2. The molecule has 322 valence electrons. The van der Waals surface area contributed by atoms with Gasteiger partial charge in [0.2, 0.25) is 17.8 Å². The fourth-order valence-corrected chi connectivity index (χ4v) is 9.33. The zero-order valence-corrected chi connectivity index (χ0v) is 36.2. The van der Waals surface area contributed by atoms with E-state index in [0.29, 0.717) is 47.3 Å². The molecule has 2 aliphatic heterocycles. The number of β-amino-alcohol motifs (C(OH)–C–C–N with tert-alkyl or cyclic N) is 1. The van der Waals surface area contributed by atoms with Crippen molar-refractivity contribution in [2.45, 2.75) is 58.2 Å². The number of phenols is 1. The van der Waals surface area contributed by atoms with Crippen LogP contribution in [-0.4, -0.2) is 102 Å². The number of aliphatic hydroxyl groups excluding tert-OH is 1. The van der Waals surface area contributed by atoms with Crippen LogP contribution in [0, 0.1) is 12.8 Å². The van der Waals surface area contributed by atoms with Crippen molar-refractivity contribution in [2.24, 2.45) is 5.92 Å². The number of aliphatic hydroxyl groups is 1. The number of aromatic hydroxyl groups is 1. The Kier molecular flexibility index (Phi) is 11.6. The SMILES string of the molecule is Cc1ncsc1-c1ccc(C(C)NC(=O)[C@@H]2C[C@@H](O)CN2C(=O)C(c2cc(-c3cnc(N4CCN(c5ccc6nnc(-c7ccccc7O)cc6c5)CC4)nc3)no2)C(C)C)cc1. The summed E-state index contributed by atoms with van der Waals surface area (Å²) in [4.78, 5) is 48.8. The minimum absolute atomic E-state index is 0.0428. The number of rotatable bonds is 11. The lowest BCUT2D eigenvalue weighted by Crippen LogP contribution is -2.48. The molecule has 16 heteroatoms. The van der Waals surface area contributed by atoms with Crippen molar-refractivity contribution in [3.63, 3.8) is 0 Å². The predicted octanol–water partition coefficient (Wildman–Crippen LogP) is 6.78. The number of aromatic nitrogens is 6. The van der Waals surface area contributed by atoms with Crippen LogP contribution in [0.3, 0.4) is 0 Å². The van der Waals surface area contributed by atoms with Gasteiger partial charge in [0.05, 0.1) is 39.4 Å². The molecular weight excluding hydrogens is 817 g/mol. The number of carbonyl (C=O) groups excluding carboxylic acids is 2. The van der Waals surface area contributed by atoms with Gasteiger partial charge in [-0.2, -0.15) is 0 Å². The number of para-hydroxylation sites is 1. The molecule has 4 atom stereocenters. The summed E-state index contributed by atoms with van der Waals surface area (Å²) in [7, 11) is 0. The maximum atomic E-state index is 14.3. The van der Waals surface area contributed by atoms with Gasteiger partial charge < -0.3 is 34.8 Å². The topological polar surface area (TPSA) is 187 Å². The van der Waals surface area contributed by atoms with Crippen LogP contribution in [0.4, 0.5) is 11.6 Å².